The molecule has 1 atom stereocenters. The number of carbonyl (C=O) groups excluding carboxylic acids is 3. The lowest BCUT2D eigenvalue weighted by Crippen LogP contribution is -2.33. The van der Waals surface area contributed by atoms with Crippen LogP contribution in [0.5, 0.6) is 0 Å². The summed E-state index contributed by atoms with van der Waals surface area (Å²) in [6.45, 7) is 10.3. The molecule has 1 aromatic rings. The molecule has 4 nitrogen and oxygen atoms in total. The first kappa shape index (κ1) is 18.1. The summed E-state index contributed by atoms with van der Waals surface area (Å²) < 4.78 is 5.24. The highest BCUT2D eigenvalue weighted by atomic mass is 16.6. The fourth-order valence-corrected chi connectivity index (χ4v) is 2.19. The van der Waals surface area contributed by atoms with E-state index in [-0.39, 0.29) is 18.0 Å². The predicted octanol–water partition coefficient (Wildman–Crippen LogP) is 3.42. The average Bonchev–Trinajstić information content (AvgIpc) is 2.32. The fraction of sp³-hybridized carbons (Fsp3) is 0.500. The molecule has 0 aliphatic carbocycles. The number of ketones is 2. The number of carbonyl (C=O) groups is 3. The highest BCUT2D eigenvalue weighted by Crippen LogP contribution is 2.19. The second kappa shape index (κ2) is 6.86. The molecule has 0 aliphatic heterocycles. The minimum atomic E-state index is -1.05. The van der Waals surface area contributed by atoms with Gasteiger partial charge in [0, 0.05) is 12.0 Å². The monoisotopic (exact) mass is 304 g/mol. The number of Topliss-reactive ketones (excluding diaryl/α,β-unsaturated/α-hetero) is 2. The van der Waals surface area contributed by atoms with Gasteiger partial charge < -0.3 is 4.74 Å². The molecule has 1 aromatic carbocycles. The summed E-state index contributed by atoms with van der Waals surface area (Å²) in [5, 5.41) is 0. The smallest absolute Gasteiger partial charge is 0.317 e. The quantitative estimate of drug-likeness (QED) is 0.475. The molecule has 0 spiro atoms. The largest absolute Gasteiger partial charge is 0.459 e. The van der Waals surface area contributed by atoms with Crippen LogP contribution in [0.4, 0.5) is 0 Å². The standard InChI is InChI=1S/C18H24O4/c1-11-7-8-14(12(2)9-11)16(20)10-15(13(3)19)17(21)22-18(4,5)6/h7-9,15H,10H2,1-6H3/t15-/m0/s1. The van der Waals surface area contributed by atoms with E-state index in [1.165, 1.54) is 6.92 Å². The summed E-state index contributed by atoms with van der Waals surface area (Å²) in [6.07, 6.45) is -0.159. The van der Waals surface area contributed by atoms with Gasteiger partial charge >= 0.3 is 5.97 Å². The van der Waals surface area contributed by atoms with Gasteiger partial charge in [0.1, 0.15) is 17.3 Å². The number of ether oxygens (including phenoxy) is 1. The van der Waals surface area contributed by atoms with Crippen molar-refractivity contribution in [2.24, 2.45) is 5.92 Å². The van der Waals surface area contributed by atoms with Gasteiger partial charge in [-0.2, -0.15) is 0 Å². The number of benzene rings is 1. The summed E-state index contributed by atoms with van der Waals surface area (Å²) in [7, 11) is 0. The third-order valence-corrected chi connectivity index (χ3v) is 3.25. The van der Waals surface area contributed by atoms with Crippen LogP contribution in [-0.4, -0.2) is 23.1 Å². The minimum absolute atomic E-state index is 0.159. The van der Waals surface area contributed by atoms with E-state index in [1.807, 2.05) is 26.0 Å². The molecule has 4 heteroatoms. The number of hydrogen-bond donors (Lipinski definition) is 0. The first-order valence-corrected chi connectivity index (χ1v) is 7.35. The lowest BCUT2D eigenvalue weighted by Gasteiger charge is -2.22. The molecule has 0 aliphatic rings. The Morgan fingerprint density at radius 2 is 1.73 bits per heavy atom. The summed E-state index contributed by atoms with van der Waals surface area (Å²) in [4.78, 5) is 36.2. The molecule has 0 saturated heterocycles. The maximum absolute atomic E-state index is 12.4. The van der Waals surface area contributed by atoms with Crippen molar-refractivity contribution >= 4 is 17.5 Å². The highest BCUT2D eigenvalue weighted by molar-refractivity contribution is 6.06. The molecule has 0 N–H and O–H groups in total. The summed E-state index contributed by atoms with van der Waals surface area (Å²) >= 11 is 0. The molecular formula is C18H24O4. The maximum atomic E-state index is 12.4. The second-order valence-corrected chi connectivity index (χ2v) is 6.64. The lowest BCUT2D eigenvalue weighted by molar-refractivity contribution is -0.161. The van der Waals surface area contributed by atoms with Gasteiger partial charge in [-0.25, -0.2) is 0 Å². The number of aryl methyl sites for hydroxylation is 2. The Kier molecular flexibility index (Phi) is 5.64. The molecule has 0 bridgehead atoms. The van der Waals surface area contributed by atoms with Gasteiger partial charge in [-0.3, -0.25) is 14.4 Å². The van der Waals surface area contributed by atoms with Crippen molar-refractivity contribution in [3.05, 3.63) is 34.9 Å². The summed E-state index contributed by atoms with van der Waals surface area (Å²) in [6, 6.07) is 5.49. The van der Waals surface area contributed by atoms with E-state index >= 15 is 0 Å². The number of hydrogen-bond acceptors (Lipinski definition) is 4. The molecule has 120 valence electrons. The number of rotatable bonds is 5. The van der Waals surface area contributed by atoms with Gasteiger partial charge in [0.05, 0.1) is 0 Å². The predicted molar refractivity (Wildman–Crippen MR) is 84.9 cm³/mol. The van der Waals surface area contributed by atoms with Crippen LogP contribution in [-0.2, 0) is 14.3 Å². The van der Waals surface area contributed by atoms with E-state index in [0.29, 0.717) is 5.56 Å². The van der Waals surface area contributed by atoms with Gasteiger partial charge in [-0.1, -0.05) is 23.8 Å². The normalized spacial score (nSPS) is 12.6. The van der Waals surface area contributed by atoms with Crippen LogP contribution in [0.2, 0.25) is 0 Å². The Morgan fingerprint density at radius 3 is 2.18 bits per heavy atom. The van der Waals surface area contributed by atoms with E-state index in [9.17, 15) is 14.4 Å². The van der Waals surface area contributed by atoms with Crippen molar-refractivity contribution in [1.82, 2.24) is 0 Å². The first-order chi connectivity index (χ1) is 10.0. The van der Waals surface area contributed by atoms with Crippen LogP contribution < -0.4 is 0 Å². The molecule has 0 aromatic heterocycles. The molecule has 22 heavy (non-hydrogen) atoms. The van der Waals surface area contributed by atoms with E-state index in [2.05, 4.69) is 0 Å². The third kappa shape index (κ3) is 5.10. The van der Waals surface area contributed by atoms with Crippen LogP contribution >= 0.6 is 0 Å². The average molecular weight is 304 g/mol. The highest BCUT2D eigenvalue weighted by Gasteiger charge is 2.31. The lowest BCUT2D eigenvalue weighted by atomic mass is 9.92. The minimum Gasteiger partial charge on any atom is -0.459 e. The van der Waals surface area contributed by atoms with Gasteiger partial charge in [0.25, 0.3) is 0 Å². The molecule has 0 saturated carbocycles. The second-order valence-electron chi connectivity index (χ2n) is 6.64. The van der Waals surface area contributed by atoms with Gasteiger partial charge in [-0.05, 0) is 47.1 Å². The van der Waals surface area contributed by atoms with Gasteiger partial charge in [0.15, 0.2) is 5.78 Å². The van der Waals surface area contributed by atoms with Crippen molar-refractivity contribution in [1.29, 1.82) is 0 Å². The molecule has 0 unspecified atom stereocenters. The van der Waals surface area contributed by atoms with Crippen molar-refractivity contribution in [2.75, 3.05) is 0 Å². The third-order valence-electron chi connectivity index (χ3n) is 3.25. The molecule has 0 amide bonds. The zero-order valence-corrected chi connectivity index (χ0v) is 14.1. The van der Waals surface area contributed by atoms with Crippen molar-refractivity contribution in [3.8, 4) is 0 Å². The Balaban J connectivity index is 2.94. The van der Waals surface area contributed by atoms with E-state index < -0.39 is 17.5 Å². The van der Waals surface area contributed by atoms with E-state index in [0.717, 1.165) is 11.1 Å². The SMILES string of the molecule is CC(=O)[C@H](CC(=O)c1ccc(C)cc1C)C(=O)OC(C)(C)C. The fourth-order valence-electron chi connectivity index (χ4n) is 2.19. The molecule has 0 radical (unpaired) electrons. The van der Waals surface area contributed by atoms with Gasteiger partial charge in [-0.15, -0.1) is 0 Å². The maximum Gasteiger partial charge on any atom is 0.317 e. The van der Waals surface area contributed by atoms with Crippen molar-refractivity contribution in [2.45, 2.75) is 53.6 Å². The number of esters is 1. The van der Waals surface area contributed by atoms with Crippen LogP contribution in [0.3, 0.4) is 0 Å². The van der Waals surface area contributed by atoms with E-state index in [1.54, 1.807) is 26.8 Å². The van der Waals surface area contributed by atoms with E-state index in [4.69, 9.17) is 4.74 Å². The molecule has 0 heterocycles. The Labute approximate surface area is 131 Å². The van der Waals surface area contributed by atoms with Crippen molar-refractivity contribution < 1.29 is 19.1 Å². The summed E-state index contributed by atoms with van der Waals surface area (Å²) in [5.41, 5.74) is 1.76. The Morgan fingerprint density at radius 1 is 1.14 bits per heavy atom. The Hall–Kier alpha value is -1.97. The van der Waals surface area contributed by atoms with Crippen molar-refractivity contribution in [3.63, 3.8) is 0 Å². The Bertz CT molecular complexity index is 594. The van der Waals surface area contributed by atoms with Crippen LogP contribution in [0, 0.1) is 19.8 Å². The van der Waals surface area contributed by atoms with Gasteiger partial charge in [0.2, 0.25) is 0 Å². The zero-order valence-electron chi connectivity index (χ0n) is 14.1. The zero-order chi connectivity index (χ0) is 17.1. The van der Waals surface area contributed by atoms with Crippen LogP contribution in [0.25, 0.3) is 0 Å². The van der Waals surface area contributed by atoms with Crippen LogP contribution in [0.1, 0.15) is 55.6 Å². The topological polar surface area (TPSA) is 60.4 Å². The first-order valence-electron chi connectivity index (χ1n) is 7.35. The summed E-state index contributed by atoms with van der Waals surface area (Å²) in [5.74, 6) is -2.26. The molecular weight excluding hydrogens is 280 g/mol. The molecule has 0 fully saturated rings. The molecule has 1 rings (SSSR count). The van der Waals surface area contributed by atoms with Crippen LogP contribution in [0.15, 0.2) is 18.2 Å².